The third-order valence-electron chi connectivity index (χ3n) is 3.83. The van der Waals surface area contributed by atoms with E-state index in [1.165, 1.54) is 0 Å². The molecular formula is C17H14O3S. The molecule has 2 aromatic rings. The zero-order valence-corrected chi connectivity index (χ0v) is 12.6. The van der Waals surface area contributed by atoms with Crippen molar-refractivity contribution in [2.45, 2.75) is 35.0 Å². The maximum atomic E-state index is 12.2. The summed E-state index contributed by atoms with van der Waals surface area (Å²) in [6, 6.07) is 15.8. The first-order chi connectivity index (χ1) is 10.0. The van der Waals surface area contributed by atoms with Gasteiger partial charge in [-0.1, -0.05) is 48.2 Å². The summed E-state index contributed by atoms with van der Waals surface area (Å²) in [5, 5.41) is 0. The van der Waals surface area contributed by atoms with Crippen LogP contribution in [0.5, 0.6) is 0 Å². The Bertz CT molecular complexity index is 706. The second-order valence-electron chi connectivity index (χ2n) is 5.71. The summed E-state index contributed by atoms with van der Waals surface area (Å²) in [4.78, 5) is 14.3. The number of fused-ring (bicyclic) bond motifs is 4. The quantitative estimate of drug-likeness (QED) is 0.695. The average molecular weight is 298 g/mol. The van der Waals surface area contributed by atoms with Crippen LogP contribution in [0.15, 0.2) is 58.3 Å². The van der Waals surface area contributed by atoms with Crippen molar-refractivity contribution < 1.29 is 14.3 Å². The molecule has 1 spiro atoms. The molecule has 0 atom stereocenters. The van der Waals surface area contributed by atoms with Gasteiger partial charge in [0.25, 0.3) is 5.79 Å². The number of rotatable bonds is 0. The summed E-state index contributed by atoms with van der Waals surface area (Å²) in [5.74, 6) is -1.46. The number of hydrogen-bond donors (Lipinski definition) is 0. The molecular weight excluding hydrogens is 284 g/mol. The van der Waals surface area contributed by atoms with Gasteiger partial charge in [0.05, 0.1) is 0 Å². The highest BCUT2D eigenvalue weighted by Crippen LogP contribution is 2.54. The molecule has 4 heteroatoms. The van der Waals surface area contributed by atoms with Crippen LogP contribution in [-0.2, 0) is 20.1 Å². The monoisotopic (exact) mass is 298 g/mol. The lowest BCUT2D eigenvalue weighted by Gasteiger charge is -2.35. The molecule has 106 valence electrons. The number of carbonyl (C=O) groups excluding carboxylic acids is 1. The summed E-state index contributed by atoms with van der Waals surface area (Å²) in [5.41, 5.74) is 0.836. The first-order valence-electron chi connectivity index (χ1n) is 6.83. The standard InChI is InChI=1S/C17H14O3S/c1-16(2)15(18)19-17(20-16)11-7-3-5-9-13(11)21-14-10-6-4-8-12(14)17/h3-10H,1-2H3. The maximum Gasteiger partial charge on any atom is 0.341 e. The zero-order chi connectivity index (χ0) is 14.7. The van der Waals surface area contributed by atoms with Crippen LogP contribution in [0.2, 0.25) is 0 Å². The molecule has 0 aromatic heterocycles. The van der Waals surface area contributed by atoms with Crippen molar-refractivity contribution in [1.29, 1.82) is 0 Å². The van der Waals surface area contributed by atoms with Crippen LogP contribution in [0.1, 0.15) is 25.0 Å². The van der Waals surface area contributed by atoms with Crippen LogP contribution in [0, 0.1) is 0 Å². The van der Waals surface area contributed by atoms with Gasteiger partial charge in [0.1, 0.15) is 0 Å². The molecule has 1 fully saturated rings. The SMILES string of the molecule is CC1(C)OC2(OC1=O)c1ccccc1Sc1ccccc12. The number of hydrogen-bond acceptors (Lipinski definition) is 4. The average Bonchev–Trinajstić information content (AvgIpc) is 2.70. The second kappa shape index (κ2) is 4.12. The van der Waals surface area contributed by atoms with E-state index in [1.54, 1.807) is 25.6 Å². The highest BCUT2D eigenvalue weighted by atomic mass is 32.2. The maximum absolute atomic E-state index is 12.2. The Morgan fingerprint density at radius 3 is 1.90 bits per heavy atom. The van der Waals surface area contributed by atoms with Crippen molar-refractivity contribution in [3.05, 3.63) is 59.7 Å². The summed E-state index contributed by atoms with van der Waals surface area (Å²) in [6.45, 7) is 3.49. The van der Waals surface area contributed by atoms with E-state index in [-0.39, 0.29) is 5.97 Å². The Morgan fingerprint density at radius 1 is 0.905 bits per heavy atom. The molecule has 21 heavy (non-hydrogen) atoms. The van der Waals surface area contributed by atoms with Gasteiger partial charge < -0.3 is 9.47 Å². The van der Waals surface area contributed by atoms with Gasteiger partial charge in [0.15, 0.2) is 5.60 Å². The minimum Gasteiger partial charge on any atom is -0.422 e. The van der Waals surface area contributed by atoms with Gasteiger partial charge in [-0.05, 0) is 26.0 Å². The Morgan fingerprint density at radius 2 is 1.43 bits per heavy atom. The van der Waals surface area contributed by atoms with E-state index in [2.05, 4.69) is 0 Å². The van der Waals surface area contributed by atoms with Gasteiger partial charge in [0, 0.05) is 20.9 Å². The van der Waals surface area contributed by atoms with E-state index in [1.807, 2.05) is 48.5 Å². The van der Waals surface area contributed by atoms with Crippen LogP contribution in [0.4, 0.5) is 0 Å². The molecule has 0 amide bonds. The molecule has 1 saturated heterocycles. The second-order valence-corrected chi connectivity index (χ2v) is 6.80. The first kappa shape index (κ1) is 12.9. The molecule has 0 saturated carbocycles. The number of esters is 1. The topological polar surface area (TPSA) is 35.5 Å². The van der Waals surface area contributed by atoms with Crippen LogP contribution in [0.3, 0.4) is 0 Å². The Balaban J connectivity index is 2.01. The molecule has 0 unspecified atom stereocenters. The van der Waals surface area contributed by atoms with Gasteiger partial charge in [-0.2, -0.15) is 0 Å². The van der Waals surface area contributed by atoms with Gasteiger partial charge in [-0.3, -0.25) is 0 Å². The minimum absolute atomic E-state index is 0.334. The first-order valence-corrected chi connectivity index (χ1v) is 7.65. The van der Waals surface area contributed by atoms with Crippen molar-refractivity contribution in [2.24, 2.45) is 0 Å². The van der Waals surface area contributed by atoms with Crippen LogP contribution < -0.4 is 0 Å². The van der Waals surface area contributed by atoms with E-state index in [0.29, 0.717) is 0 Å². The highest BCUT2D eigenvalue weighted by Gasteiger charge is 2.57. The highest BCUT2D eigenvalue weighted by molar-refractivity contribution is 7.99. The fraction of sp³-hybridized carbons (Fsp3) is 0.235. The Hall–Kier alpha value is -1.78. The van der Waals surface area contributed by atoms with Crippen molar-refractivity contribution in [2.75, 3.05) is 0 Å². The normalized spacial score (nSPS) is 20.8. The molecule has 0 aliphatic carbocycles. The van der Waals surface area contributed by atoms with Crippen molar-refractivity contribution in [1.82, 2.24) is 0 Å². The smallest absolute Gasteiger partial charge is 0.341 e. The van der Waals surface area contributed by atoms with Crippen LogP contribution in [0.25, 0.3) is 0 Å². The van der Waals surface area contributed by atoms with E-state index >= 15 is 0 Å². The molecule has 4 rings (SSSR count). The van der Waals surface area contributed by atoms with E-state index in [0.717, 1.165) is 20.9 Å². The zero-order valence-electron chi connectivity index (χ0n) is 11.8. The molecule has 0 radical (unpaired) electrons. The predicted octanol–water partition coefficient (Wildman–Crippen LogP) is 3.70. The molecule has 3 nitrogen and oxygen atoms in total. The summed E-state index contributed by atoms with van der Waals surface area (Å²) < 4.78 is 11.9. The lowest BCUT2D eigenvalue weighted by molar-refractivity contribution is -0.169. The predicted molar refractivity (Wildman–Crippen MR) is 79.0 cm³/mol. The number of benzene rings is 2. The van der Waals surface area contributed by atoms with Crippen LogP contribution in [-0.4, -0.2) is 11.6 Å². The lowest BCUT2D eigenvalue weighted by Crippen LogP contribution is -2.35. The third kappa shape index (κ3) is 1.69. The largest absolute Gasteiger partial charge is 0.422 e. The Labute approximate surface area is 127 Å². The fourth-order valence-corrected chi connectivity index (χ4v) is 3.97. The van der Waals surface area contributed by atoms with E-state index in [4.69, 9.17) is 9.47 Å². The van der Waals surface area contributed by atoms with Gasteiger partial charge in [0.2, 0.25) is 0 Å². The third-order valence-corrected chi connectivity index (χ3v) is 4.98. The number of ether oxygens (including phenoxy) is 2. The van der Waals surface area contributed by atoms with Crippen LogP contribution >= 0.6 is 11.8 Å². The summed E-state index contributed by atoms with van der Waals surface area (Å²) >= 11 is 1.67. The fourth-order valence-electron chi connectivity index (χ4n) is 2.81. The van der Waals surface area contributed by atoms with Gasteiger partial charge in [-0.15, -0.1) is 0 Å². The molecule has 0 bridgehead atoms. The molecule has 0 N–H and O–H groups in total. The summed E-state index contributed by atoms with van der Waals surface area (Å²) in [6.07, 6.45) is 0. The molecule has 2 aromatic carbocycles. The Kier molecular flexibility index (Phi) is 2.53. The molecule has 2 heterocycles. The van der Waals surface area contributed by atoms with Gasteiger partial charge >= 0.3 is 5.97 Å². The molecule has 2 aliphatic rings. The van der Waals surface area contributed by atoms with Gasteiger partial charge in [-0.25, -0.2) is 4.79 Å². The van der Waals surface area contributed by atoms with E-state index < -0.39 is 11.4 Å². The number of carbonyl (C=O) groups is 1. The van der Waals surface area contributed by atoms with Crippen molar-refractivity contribution in [3.8, 4) is 0 Å². The lowest BCUT2D eigenvalue weighted by atomic mass is 9.96. The minimum atomic E-state index is -1.13. The molecule has 2 aliphatic heterocycles. The summed E-state index contributed by atoms with van der Waals surface area (Å²) in [7, 11) is 0. The van der Waals surface area contributed by atoms with Crippen molar-refractivity contribution >= 4 is 17.7 Å². The van der Waals surface area contributed by atoms with Crippen molar-refractivity contribution in [3.63, 3.8) is 0 Å². The van der Waals surface area contributed by atoms with E-state index in [9.17, 15) is 4.79 Å².